The number of hydrogen-bond acceptors (Lipinski definition) is 6. The van der Waals surface area contributed by atoms with E-state index < -0.39 is 0 Å². The van der Waals surface area contributed by atoms with Crippen molar-refractivity contribution >= 4 is 11.7 Å². The Morgan fingerprint density at radius 2 is 1.90 bits per heavy atom. The fourth-order valence-electron chi connectivity index (χ4n) is 3.67. The van der Waals surface area contributed by atoms with Gasteiger partial charge in [-0.3, -0.25) is 9.89 Å². The number of piperazine rings is 1. The zero-order valence-corrected chi connectivity index (χ0v) is 17.6. The first-order valence-electron chi connectivity index (χ1n) is 10.2. The fraction of sp³-hybridized carbons (Fsp3) is 0.364. The molecule has 2 aromatic heterocycles. The summed E-state index contributed by atoms with van der Waals surface area (Å²) >= 11 is 0. The molecule has 0 bridgehead atoms. The number of nitrogens with zero attached hydrogens (tertiary/aromatic N) is 5. The quantitative estimate of drug-likeness (QED) is 0.701. The third kappa shape index (κ3) is 3.98. The van der Waals surface area contributed by atoms with Crippen LogP contribution in [-0.2, 0) is 6.42 Å². The molecular formula is C22H26N6O2. The van der Waals surface area contributed by atoms with Crippen molar-refractivity contribution in [2.75, 3.05) is 38.2 Å². The molecule has 0 spiro atoms. The molecule has 1 fully saturated rings. The van der Waals surface area contributed by atoms with Crippen molar-refractivity contribution in [3.63, 3.8) is 0 Å². The van der Waals surface area contributed by atoms with Crippen LogP contribution in [-0.4, -0.2) is 64.3 Å². The maximum Gasteiger partial charge on any atom is 0.272 e. The fourth-order valence-corrected chi connectivity index (χ4v) is 3.67. The Bertz CT molecular complexity index is 1040. The Balaban J connectivity index is 1.44. The van der Waals surface area contributed by atoms with Crippen LogP contribution in [0.2, 0.25) is 0 Å². The predicted octanol–water partition coefficient (Wildman–Crippen LogP) is 2.71. The number of H-pyrrole nitrogens is 1. The SMILES string of the molecule is CCc1nc(C)cc(N2CCN(C(=O)c3cc(-c4ccccc4OC)n[nH]3)CC2)n1. The van der Waals surface area contributed by atoms with Gasteiger partial charge in [0.1, 0.15) is 23.1 Å². The normalized spacial score (nSPS) is 14.1. The van der Waals surface area contributed by atoms with Crippen LogP contribution in [0.5, 0.6) is 5.75 Å². The van der Waals surface area contributed by atoms with Gasteiger partial charge in [-0.05, 0) is 25.1 Å². The van der Waals surface area contributed by atoms with Crippen molar-refractivity contribution in [3.05, 3.63) is 53.6 Å². The van der Waals surface area contributed by atoms with Gasteiger partial charge in [-0.1, -0.05) is 19.1 Å². The topological polar surface area (TPSA) is 87.2 Å². The van der Waals surface area contributed by atoms with Gasteiger partial charge in [-0.25, -0.2) is 9.97 Å². The molecule has 30 heavy (non-hydrogen) atoms. The summed E-state index contributed by atoms with van der Waals surface area (Å²) < 4.78 is 5.40. The molecule has 3 aromatic rings. The Morgan fingerprint density at radius 1 is 1.13 bits per heavy atom. The molecule has 1 saturated heterocycles. The maximum atomic E-state index is 13.0. The lowest BCUT2D eigenvalue weighted by molar-refractivity contribution is 0.0740. The lowest BCUT2D eigenvalue weighted by atomic mass is 10.1. The van der Waals surface area contributed by atoms with Crippen LogP contribution < -0.4 is 9.64 Å². The van der Waals surface area contributed by atoms with E-state index in [1.807, 2.05) is 42.2 Å². The lowest BCUT2D eigenvalue weighted by Gasteiger charge is -2.35. The number of amides is 1. The molecule has 8 heteroatoms. The van der Waals surface area contributed by atoms with Crippen molar-refractivity contribution in [1.29, 1.82) is 0 Å². The summed E-state index contributed by atoms with van der Waals surface area (Å²) in [6.07, 6.45) is 0.807. The number of carbonyl (C=O) groups excluding carboxylic acids is 1. The van der Waals surface area contributed by atoms with Crippen molar-refractivity contribution in [3.8, 4) is 17.0 Å². The van der Waals surface area contributed by atoms with Crippen LogP contribution in [0, 0.1) is 6.92 Å². The highest BCUT2D eigenvalue weighted by Gasteiger charge is 2.25. The standard InChI is InChI=1S/C22H26N6O2/c1-4-20-23-15(2)13-21(24-20)27-9-11-28(12-10-27)22(29)18-14-17(25-26-18)16-7-5-6-8-19(16)30-3/h5-8,13-14H,4,9-12H2,1-3H3,(H,25,26). The average Bonchev–Trinajstić information content (AvgIpc) is 3.28. The molecule has 1 N–H and O–H groups in total. The smallest absolute Gasteiger partial charge is 0.272 e. The molecule has 0 saturated carbocycles. The van der Waals surface area contributed by atoms with E-state index in [9.17, 15) is 4.79 Å². The Morgan fingerprint density at radius 3 is 2.63 bits per heavy atom. The average molecular weight is 406 g/mol. The highest BCUT2D eigenvalue weighted by molar-refractivity contribution is 5.93. The molecule has 0 unspecified atom stereocenters. The second kappa shape index (κ2) is 8.52. The number of carbonyl (C=O) groups is 1. The van der Waals surface area contributed by atoms with E-state index in [1.165, 1.54) is 0 Å². The first kappa shape index (κ1) is 19.9. The van der Waals surface area contributed by atoms with E-state index in [-0.39, 0.29) is 5.91 Å². The highest BCUT2D eigenvalue weighted by Crippen LogP contribution is 2.28. The van der Waals surface area contributed by atoms with E-state index in [1.54, 1.807) is 13.2 Å². The maximum absolute atomic E-state index is 13.0. The molecular weight excluding hydrogens is 380 g/mol. The first-order valence-corrected chi connectivity index (χ1v) is 10.2. The summed E-state index contributed by atoms with van der Waals surface area (Å²) in [6.45, 7) is 6.77. The van der Waals surface area contributed by atoms with Gasteiger partial charge in [0.25, 0.3) is 5.91 Å². The summed E-state index contributed by atoms with van der Waals surface area (Å²) in [7, 11) is 1.62. The van der Waals surface area contributed by atoms with Crippen molar-refractivity contribution in [2.24, 2.45) is 0 Å². The van der Waals surface area contributed by atoms with E-state index in [2.05, 4.69) is 32.0 Å². The minimum Gasteiger partial charge on any atom is -0.496 e. The van der Waals surface area contributed by atoms with Crippen LogP contribution >= 0.6 is 0 Å². The zero-order valence-electron chi connectivity index (χ0n) is 17.6. The van der Waals surface area contributed by atoms with Gasteiger partial charge in [0, 0.05) is 49.9 Å². The Hall–Kier alpha value is -3.42. The number of benzene rings is 1. The van der Waals surface area contributed by atoms with Gasteiger partial charge >= 0.3 is 0 Å². The summed E-state index contributed by atoms with van der Waals surface area (Å²) in [5.74, 6) is 2.47. The summed E-state index contributed by atoms with van der Waals surface area (Å²) in [6, 6.07) is 11.4. The predicted molar refractivity (Wildman–Crippen MR) is 115 cm³/mol. The number of methoxy groups -OCH3 is 1. The molecule has 0 atom stereocenters. The lowest BCUT2D eigenvalue weighted by Crippen LogP contribution is -2.49. The van der Waals surface area contributed by atoms with Crippen LogP contribution in [0.3, 0.4) is 0 Å². The molecule has 0 aliphatic carbocycles. The van der Waals surface area contributed by atoms with Crippen molar-refractivity contribution in [1.82, 2.24) is 25.1 Å². The minimum atomic E-state index is -0.0450. The second-order valence-corrected chi connectivity index (χ2v) is 7.28. The summed E-state index contributed by atoms with van der Waals surface area (Å²) in [5, 5.41) is 7.21. The molecule has 1 aliphatic rings. The van der Waals surface area contributed by atoms with Gasteiger partial charge < -0.3 is 14.5 Å². The number of aromatic nitrogens is 4. The number of aromatic amines is 1. The third-order valence-corrected chi connectivity index (χ3v) is 5.29. The van der Waals surface area contributed by atoms with Gasteiger partial charge in [0.05, 0.1) is 12.8 Å². The number of nitrogens with one attached hydrogen (secondary N) is 1. The molecule has 1 amide bonds. The molecule has 1 aromatic carbocycles. The number of rotatable bonds is 5. The van der Waals surface area contributed by atoms with E-state index >= 15 is 0 Å². The van der Waals surface area contributed by atoms with E-state index in [4.69, 9.17) is 4.74 Å². The van der Waals surface area contributed by atoms with Crippen LogP contribution in [0.25, 0.3) is 11.3 Å². The molecule has 156 valence electrons. The number of ether oxygens (including phenoxy) is 1. The Labute approximate surface area is 175 Å². The Kier molecular flexibility index (Phi) is 5.65. The largest absolute Gasteiger partial charge is 0.496 e. The number of hydrogen-bond donors (Lipinski definition) is 1. The third-order valence-electron chi connectivity index (χ3n) is 5.29. The second-order valence-electron chi connectivity index (χ2n) is 7.28. The van der Waals surface area contributed by atoms with E-state index in [0.29, 0.717) is 24.5 Å². The molecule has 0 radical (unpaired) electrons. The van der Waals surface area contributed by atoms with Crippen molar-refractivity contribution in [2.45, 2.75) is 20.3 Å². The van der Waals surface area contributed by atoms with E-state index in [0.717, 1.165) is 48.2 Å². The molecule has 1 aliphatic heterocycles. The minimum absolute atomic E-state index is 0.0450. The van der Waals surface area contributed by atoms with Crippen molar-refractivity contribution < 1.29 is 9.53 Å². The van der Waals surface area contributed by atoms with Gasteiger partial charge in [-0.2, -0.15) is 5.10 Å². The van der Waals surface area contributed by atoms with Crippen LogP contribution in [0.4, 0.5) is 5.82 Å². The van der Waals surface area contributed by atoms with Gasteiger partial charge in [0.15, 0.2) is 0 Å². The molecule has 4 rings (SSSR count). The summed E-state index contributed by atoms with van der Waals surface area (Å²) in [5.41, 5.74) is 3.00. The van der Waals surface area contributed by atoms with Crippen LogP contribution in [0.1, 0.15) is 28.9 Å². The zero-order chi connectivity index (χ0) is 21.1. The number of aryl methyl sites for hydroxylation is 2. The number of para-hydroxylation sites is 1. The molecule has 8 nitrogen and oxygen atoms in total. The number of anilines is 1. The molecule has 3 heterocycles. The monoisotopic (exact) mass is 406 g/mol. The van der Waals surface area contributed by atoms with Crippen LogP contribution in [0.15, 0.2) is 36.4 Å². The van der Waals surface area contributed by atoms with Gasteiger partial charge in [-0.15, -0.1) is 0 Å². The highest BCUT2D eigenvalue weighted by atomic mass is 16.5. The van der Waals surface area contributed by atoms with Gasteiger partial charge in [0.2, 0.25) is 0 Å². The summed E-state index contributed by atoms with van der Waals surface area (Å²) in [4.78, 5) is 26.1. The first-order chi connectivity index (χ1) is 14.6.